The maximum atomic E-state index is 6.73. The fourth-order valence-corrected chi connectivity index (χ4v) is 11.1. The number of nitrogens with zero attached hydrogens (tertiary/aromatic N) is 1. The molecule has 2 aliphatic rings. The van der Waals surface area contributed by atoms with Crippen molar-refractivity contribution in [3.63, 3.8) is 0 Å². The Morgan fingerprint density at radius 2 is 1.02 bits per heavy atom. The van der Waals surface area contributed by atoms with Crippen molar-refractivity contribution < 1.29 is 4.42 Å². The third-order valence-electron chi connectivity index (χ3n) is 14.0. The molecule has 1 aromatic heterocycles. The van der Waals surface area contributed by atoms with Crippen molar-refractivity contribution in [1.29, 1.82) is 0 Å². The van der Waals surface area contributed by atoms with Gasteiger partial charge in [0, 0.05) is 27.4 Å². The fraction of sp³-hybridized carbons (Fsp3) is 0.100. The molecule has 62 heavy (non-hydrogen) atoms. The molecule has 0 bridgehead atoms. The summed E-state index contributed by atoms with van der Waals surface area (Å²) in [6.45, 7) is 9.31. The van der Waals surface area contributed by atoms with Crippen LogP contribution in [0, 0.1) is 13.8 Å². The van der Waals surface area contributed by atoms with Gasteiger partial charge in [-0.25, -0.2) is 0 Å². The standard InChI is InChI=1S/C60H45NO/c1-38-17-8-11-24-49(38)60(52-35-41(30-29-39(52)2)40-18-6-5-7-19-40)51-26-13-14-27-55(51)61(43-32-33-46-45-20-9-12-25-50(45)59(3,4)53(46)37-43)56-34-31-42(36-54(56)60)44-22-16-23-48-47-21-10-15-28-57(47)62-58(44)48/h5-37H,1-4H3. The molecular formula is C60H45NO. The van der Waals surface area contributed by atoms with Crippen molar-refractivity contribution in [2.75, 3.05) is 4.90 Å². The highest BCUT2D eigenvalue weighted by Crippen LogP contribution is 2.60. The average Bonchev–Trinajstić information content (AvgIpc) is 3.81. The molecule has 10 aromatic rings. The summed E-state index contributed by atoms with van der Waals surface area (Å²) in [5, 5.41) is 2.26. The zero-order valence-electron chi connectivity index (χ0n) is 35.4. The van der Waals surface area contributed by atoms with Gasteiger partial charge in [-0.2, -0.15) is 0 Å². The summed E-state index contributed by atoms with van der Waals surface area (Å²) in [6, 6.07) is 74.2. The Bertz CT molecular complexity index is 3420. The van der Waals surface area contributed by atoms with Crippen LogP contribution in [-0.2, 0) is 10.8 Å². The number of aryl methyl sites for hydroxylation is 2. The third kappa shape index (κ3) is 5.10. The molecule has 2 nitrogen and oxygen atoms in total. The molecule has 2 heteroatoms. The van der Waals surface area contributed by atoms with Gasteiger partial charge in [0.15, 0.2) is 0 Å². The second-order valence-corrected chi connectivity index (χ2v) is 17.7. The second kappa shape index (κ2) is 13.5. The lowest BCUT2D eigenvalue weighted by atomic mass is 9.60. The van der Waals surface area contributed by atoms with E-state index in [9.17, 15) is 0 Å². The van der Waals surface area contributed by atoms with Crippen LogP contribution in [0.4, 0.5) is 17.1 Å². The monoisotopic (exact) mass is 795 g/mol. The first-order valence-corrected chi connectivity index (χ1v) is 21.8. The number of furan rings is 1. The second-order valence-electron chi connectivity index (χ2n) is 17.7. The minimum atomic E-state index is -0.702. The Hall–Kier alpha value is -7.42. The average molecular weight is 796 g/mol. The van der Waals surface area contributed by atoms with Crippen LogP contribution in [0.1, 0.15) is 58.4 Å². The van der Waals surface area contributed by atoms with Gasteiger partial charge in [0.25, 0.3) is 0 Å². The first-order valence-electron chi connectivity index (χ1n) is 21.8. The molecule has 0 spiro atoms. The molecule has 0 amide bonds. The van der Waals surface area contributed by atoms with Crippen LogP contribution in [0.2, 0.25) is 0 Å². The van der Waals surface area contributed by atoms with Crippen molar-refractivity contribution in [2.24, 2.45) is 0 Å². The smallest absolute Gasteiger partial charge is 0.143 e. The molecule has 1 unspecified atom stereocenters. The van der Waals surface area contributed by atoms with Gasteiger partial charge in [-0.05, 0) is 129 Å². The quantitative estimate of drug-likeness (QED) is 0.173. The molecule has 0 radical (unpaired) electrons. The summed E-state index contributed by atoms with van der Waals surface area (Å²) in [6.07, 6.45) is 0. The first kappa shape index (κ1) is 36.4. The van der Waals surface area contributed by atoms with Crippen LogP contribution in [0.5, 0.6) is 0 Å². The fourth-order valence-electron chi connectivity index (χ4n) is 11.1. The van der Waals surface area contributed by atoms with E-state index in [-0.39, 0.29) is 5.41 Å². The van der Waals surface area contributed by atoms with Gasteiger partial charge in [-0.3, -0.25) is 0 Å². The predicted octanol–water partition coefficient (Wildman–Crippen LogP) is 16.0. The molecule has 0 fully saturated rings. The van der Waals surface area contributed by atoms with E-state index in [0.29, 0.717) is 0 Å². The van der Waals surface area contributed by atoms with Gasteiger partial charge in [0.05, 0.1) is 16.8 Å². The van der Waals surface area contributed by atoms with E-state index >= 15 is 0 Å². The zero-order chi connectivity index (χ0) is 41.7. The summed E-state index contributed by atoms with van der Waals surface area (Å²) in [4.78, 5) is 2.53. The van der Waals surface area contributed by atoms with E-state index in [1.807, 2.05) is 0 Å². The summed E-state index contributed by atoms with van der Waals surface area (Å²) in [5.74, 6) is 0. The lowest BCUT2D eigenvalue weighted by molar-refractivity contribution is 0.660. The van der Waals surface area contributed by atoms with Gasteiger partial charge in [-0.15, -0.1) is 0 Å². The molecule has 1 aliphatic carbocycles. The van der Waals surface area contributed by atoms with Gasteiger partial charge < -0.3 is 9.32 Å². The molecule has 1 aliphatic heterocycles. The van der Waals surface area contributed by atoms with Gasteiger partial charge >= 0.3 is 0 Å². The largest absolute Gasteiger partial charge is 0.455 e. The lowest BCUT2D eigenvalue weighted by Gasteiger charge is -2.48. The topological polar surface area (TPSA) is 16.4 Å². The molecule has 0 N–H and O–H groups in total. The number of para-hydroxylation sites is 3. The first-order chi connectivity index (χ1) is 30.3. The van der Waals surface area contributed by atoms with E-state index in [4.69, 9.17) is 4.42 Å². The van der Waals surface area contributed by atoms with E-state index in [1.165, 1.54) is 72.4 Å². The molecular weight excluding hydrogens is 751 g/mol. The molecule has 1 atom stereocenters. The minimum Gasteiger partial charge on any atom is -0.455 e. The van der Waals surface area contributed by atoms with Crippen LogP contribution in [0.3, 0.4) is 0 Å². The predicted molar refractivity (Wildman–Crippen MR) is 258 cm³/mol. The number of hydrogen-bond donors (Lipinski definition) is 0. The van der Waals surface area contributed by atoms with Gasteiger partial charge in [0.1, 0.15) is 11.2 Å². The Kier molecular flexibility index (Phi) is 7.96. The highest BCUT2D eigenvalue weighted by Gasteiger charge is 2.48. The Labute approximate surface area is 363 Å². The summed E-state index contributed by atoms with van der Waals surface area (Å²) < 4.78 is 6.73. The zero-order valence-corrected chi connectivity index (χ0v) is 35.4. The molecule has 9 aromatic carbocycles. The number of anilines is 3. The number of fused-ring (bicyclic) bond motifs is 8. The van der Waals surface area contributed by atoms with Gasteiger partial charge in [-0.1, -0.05) is 172 Å². The Balaban J connectivity index is 1.20. The molecule has 0 saturated carbocycles. The van der Waals surface area contributed by atoms with Crippen molar-refractivity contribution >= 4 is 39.0 Å². The number of hydrogen-bond acceptors (Lipinski definition) is 2. The Morgan fingerprint density at radius 1 is 0.387 bits per heavy atom. The molecule has 0 saturated heterocycles. The van der Waals surface area contributed by atoms with E-state index < -0.39 is 5.41 Å². The van der Waals surface area contributed by atoms with Crippen molar-refractivity contribution in [2.45, 2.75) is 38.5 Å². The summed E-state index contributed by atoms with van der Waals surface area (Å²) >= 11 is 0. The lowest BCUT2D eigenvalue weighted by Crippen LogP contribution is -2.39. The van der Waals surface area contributed by atoms with Crippen LogP contribution < -0.4 is 4.90 Å². The maximum absolute atomic E-state index is 6.73. The summed E-state index contributed by atoms with van der Waals surface area (Å²) in [5.41, 5.74) is 21.9. The SMILES string of the molecule is Cc1ccccc1C1(c2cc(-c3ccccc3)ccc2C)c2ccccc2N(c2ccc3c(c2)C(C)(C)c2ccccc2-3)c2ccc(-c3cccc4c3oc3ccccc34)cc21. The van der Waals surface area contributed by atoms with Crippen LogP contribution in [0.15, 0.2) is 205 Å². The molecule has 12 rings (SSSR count). The maximum Gasteiger partial charge on any atom is 0.143 e. The summed E-state index contributed by atoms with van der Waals surface area (Å²) in [7, 11) is 0. The van der Waals surface area contributed by atoms with E-state index in [2.05, 4.69) is 233 Å². The van der Waals surface area contributed by atoms with Crippen LogP contribution in [-0.4, -0.2) is 0 Å². The van der Waals surface area contributed by atoms with Crippen molar-refractivity contribution in [3.8, 4) is 33.4 Å². The minimum absolute atomic E-state index is 0.144. The van der Waals surface area contributed by atoms with E-state index in [1.54, 1.807) is 0 Å². The Morgan fingerprint density at radius 3 is 1.87 bits per heavy atom. The molecule has 296 valence electrons. The normalized spacial score (nSPS) is 15.9. The van der Waals surface area contributed by atoms with Crippen molar-refractivity contribution in [3.05, 3.63) is 245 Å². The number of rotatable bonds is 5. The van der Waals surface area contributed by atoms with Crippen molar-refractivity contribution in [1.82, 2.24) is 0 Å². The number of benzene rings is 9. The third-order valence-corrected chi connectivity index (χ3v) is 14.0. The van der Waals surface area contributed by atoms with E-state index in [0.717, 1.165) is 44.4 Å². The van der Waals surface area contributed by atoms with Crippen LogP contribution in [0.25, 0.3) is 55.3 Å². The van der Waals surface area contributed by atoms with Crippen LogP contribution >= 0.6 is 0 Å². The highest BCUT2D eigenvalue weighted by atomic mass is 16.3. The highest BCUT2D eigenvalue weighted by molar-refractivity contribution is 6.10. The van der Waals surface area contributed by atoms with Gasteiger partial charge in [0.2, 0.25) is 0 Å². The molecule has 2 heterocycles.